The Bertz CT molecular complexity index is 445. The molecule has 4 nitrogen and oxygen atoms in total. The number of phenols is 1. The highest BCUT2D eigenvalue weighted by molar-refractivity contribution is 5.95. The summed E-state index contributed by atoms with van der Waals surface area (Å²) in [6.45, 7) is 2.88. The normalized spacial score (nSPS) is 20.5. The standard InChI is InChI=1S/C14H20N2O2/c1-10-5-3-2-4-8-16(10)14(18)11-6-7-12(15)13(17)9-11/h6-7,9-10,17H,2-5,8,15H2,1H3. The minimum Gasteiger partial charge on any atom is -0.506 e. The first-order valence-electron chi connectivity index (χ1n) is 6.49. The molecule has 0 aliphatic carbocycles. The lowest BCUT2D eigenvalue weighted by Crippen LogP contribution is -2.38. The van der Waals surface area contributed by atoms with Crippen LogP contribution in [-0.2, 0) is 0 Å². The van der Waals surface area contributed by atoms with Gasteiger partial charge in [-0.05, 0) is 38.0 Å². The number of aromatic hydroxyl groups is 1. The van der Waals surface area contributed by atoms with Crippen LogP contribution in [0.1, 0.15) is 43.0 Å². The van der Waals surface area contributed by atoms with Crippen molar-refractivity contribution in [3.05, 3.63) is 23.8 Å². The summed E-state index contributed by atoms with van der Waals surface area (Å²) in [5, 5.41) is 9.57. The van der Waals surface area contributed by atoms with E-state index in [0.717, 1.165) is 19.4 Å². The number of benzene rings is 1. The number of hydrogen-bond donors (Lipinski definition) is 2. The number of nitrogens with two attached hydrogens (primary N) is 1. The number of amides is 1. The van der Waals surface area contributed by atoms with Gasteiger partial charge in [0.25, 0.3) is 5.91 Å². The quantitative estimate of drug-likeness (QED) is 0.592. The van der Waals surface area contributed by atoms with Gasteiger partial charge in [0.2, 0.25) is 0 Å². The molecule has 2 rings (SSSR count). The van der Waals surface area contributed by atoms with Crippen molar-refractivity contribution < 1.29 is 9.90 Å². The van der Waals surface area contributed by atoms with Crippen molar-refractivity contribution in [3.8, 4) is 5.75 Å². The molecule has 1 aliphatic heterocycles. The van der Waals surface area contributed by atoms with Crippen LogP contribution in [0, 0.1) is 0 Å². The molecule has 1 fully saturated rings. The zero-order valence-electron chi connectivity index (χ0n) is 10.7. The van der Waals surface area contributed by atoms with Gasteiger partial charge in [-0.1, -0.05) is 12.8 Å². The van der Waals surface area contributed by atoms with E-state index >= 15 is 0 Å². The zero-order chi connectivity index (χ0) is 13.1. The number of phenolic OH excluding ortho intramolecular Hbond substituents is 1. The van der Waals surface area contributed by atoms with Crippen LogP contribution >= 0.6 is 0 Å². The van der Waals surface area contributed by atoms with Crippen LogP contribution in [0.15, 0.2) is 18.2 Å². The smallest absolute Gasteiger partial charge is 0.254 e. The Morgan fingerprint density at radius 1 is 1.39 bits per heavy atom. The average molecular weight is 248 g/mol. The number of hydrogen-bond acceptors (Lipinski definition) is 3. The summed E-state index contributed by atoms with van der Waals surface area (Å²) in [7, 11) is 0. The van der Waals surface area contributed by atoms with Crippen LogP contribution in [0.3, 0.4) is 0 Å². The second-order valence-corrected chi connectivity index (χ2v) is 4.97. The Morgan fingerprint density at radius 3 is 2.89 bits per heavy atom. The maximum Gasteiger partial charge on any atom is 0.254 e. The molecular weight excluding hydrogens is 228 g/mol. The molecule has 0 spiro atoms. The van der Waals surface area contributed by atoms with Crippen molar-refractivity contribution >= 4 is 11.6 Å². The Morgan fingerprint density at radius 2 is 2.17 bits per heavy atom. The third kappa shape index (κ3) is 2.58. The van der Waals surface area contributed by atoms with Crippen molar-refractivity contribution in [2.24, 2.45) is 0 Å². The van der Waals surface area contributed by atoms with Crippen molar-refractivity contribution in [2.75, 3.05) is 12.3 Å². The molecule has 1 unspecified atom stereocenters. The van der Waals surface area contributed by atoms with E-state index in [1.54, 1.807) is 12.1 Å². The summed E-state index contributed by atoms with van der Waals surface area (Å²) >= 11 is 0. The molecule has 0 saturated carbocycles. The number of nitrogens with zero attached hydrogens (tertiary/aromatic N) is 1. The topological polar surface area (TPSA) is 66.6 Å². The predicted octanol–water partition coefficient (Wildman–Crippen LogP) is 2.38. The third-order valence-electron chi connectivity index (χ3n) is 3.59. The van der Waals surface area contributed by atoms with E-state index in [4.69, 9.17) is 5.73 Å². The molecule has 1 heterocycles. The highest BCUT2D eigenvalue weighted by atomic mass is 16.3. The van der Waals surface area contributed by atoms with Gasteiger partial charge in [0.1, 0.15) is 5.75 Å². The first-order chi connectivity index (χ1) is 8.59. The molecule has 0 bridgehead atoms. The van der Waals surface area contributed by atoms with Gasteiger partial charge in [0.05, 0.1) is 5.69 Å². The van der Waals surface area contributed by atoms with Gasteiger partial charge in [-0.3, -0.25) is 4.79 Å². The number of nitrogen functional groups attached to an aromatic ring is 1. The average Bonchev–Trinajstić information content (AvgIpc) is 2.56. The monoisotopic (exact) mass is 248 g/mol. The lowest BCUT2D eigenvalue weighted by Gasteiger charge is -2.27. The summed E-state index contributed by atoms with van der Waals surface area (Å²) in [6, 6.07) is 4.97. The minimum absolute atomic E-state index is 0.0142. The third-order valence-corrected chi connectivity index (χ3v) is 3.59. The van der Waals surface area contributed by atoms with Gasteiger partial charge in [-0.2, -0.15) is 0 Å². The fourth-order valence-electron chi connectivity index (χ4n) is 2.42. The lowest BCUT2D eigenvalue weighted by atomic mass is 10.1. The van der Waals surface area contributed by atoms with Crippen molar-refractivity contribution in [1.82, 2.24) is 4.90 Å². The SMILES string of the molecule is CC1CCCCCN1C(=O)c1ccc(N)c(O)c1. The maximum atomic E-state index is 12.4. The first-order valence-corrected chi connectivity index (χ1v) is 6.49. The molecule has 1 saturated heterocycles. The fourth-order valence-corrected chi connectivity index (χ4v) is 2.42. The van der Waals surface area contributed by atoms with E-state index in [-0.39, 0.29) is 17.7 Å². The van der Waals surface area contributed by atoms with E-state index in [1.807, 2.05) is 4.90 Å². The Labute approximate surface area is 107 Å². The molecule has 98 valence electrons. The van der Waals surface area contributed by atoms with Gasteiger partial charge < -0.3 is 15.7 Å². The summed E-state index contributed by atoms with van der Waals surface area (Å²) in [6.07, 6.45) is 4.46. The number of likely N-dealkylation sites (tertiary alicyclic amines) is 1. The van der Waals surface area contributed by atoms with Crippen molar-refractivity contribution in [3.63, 3.8) is 0 Å². The minimum atomic E-state index is -0.0247. The first kappa shape index (κ1) is 12.7. The van der Waals surface area contributed by atoms with Crippen molar-refractivity contribution in [1.29, 1.82) is 0 Å². The molecule has 3 N–H and O–H groups in total. The van der Waals surface area contributed by atoms with Gasteiger partial charge in [-0.15, -0.1) is 0 Å². The van der Waals surface area contributed by atoms with Gasteiger partial charge in [-0.25, -0.2) is 0 Å². The summed E-state index contributed by atoms with van der Waals surface area (Å²) in [4.78, 5) is 14.3. The van der Waals surface area contributed by atoms with Crippen LogP contribution in [0.5, 0.6) is 5.75 Å². The number of anilines is 1. The van der Waals surface area contributed by atoms with Crippen molar-refractivity contribution in [2.45, 2.75) is 38.6 Å². The molecule has 1 atom stereocenters. The summed E-state index contributed by atoms with van der Waals surface area (Å²) < 4.78 is 0. The van der Waals surface area contributed by atoms with Crippen LogP contribution in [-0.4, -0.2) is 28.5 Å². The lowest BCUT2D eigenvalue weighted by molar-refractivity contribution is 0.0697. The van der Waals surface area contributed by atoms with Crippen LogP contribution in [0.25, 0.3) is 0 Å². The Kier molecular flexibility index (Phi) is 3.75. The van der Waals surface area contributed by atoms with E-state index in [2.05, 4.69) is 6.92 Å². The molecule has 0 aromatic heterocycles. The Balaban J connectivity index is 2.21. The molecule has 1 amide bonds. The number of carbonyl (C=O) groups is 1. The maximum absolute atomic E-state index is 12.4. The van der Waals surface area contributed by atoms with E-state index in [9.17, 15) is 9.90 Å². The number of carbonyl (C=O) groups excluding carboxylic acids is 1. The molecule has 1 aliphatic rings. The largest absolute Gasteiger partial charge is 0.506 e. The molecule has 18 heavy (non-hydrogen) atoms. The summed E-state index contributed by atoms with van der Waals surface area (Å²) in [5.41, 5.74) is 6.36. The van der Waals surface area contributed by atoms with Gasteiger partial charge >= 0.3 is 0 Å². The van der Waals surface area contributed by atoms with E-state index < -0.39 is 0 Å². The summed E-state index contributed by atoms with van der Waals surface area (Å²) in [5.74, 6) is -0.0389. The molecule has 1 aromatic rings. The number of rotatable bonds is 1. The van der Waals surface area contributed by atoms with E-state index in [1.165, 1.54) is 18.9 Å². The molecular formula is C14H20N2O2. The zero-order valence-corrected chi connectivity index (χ0v) is 10.7. The predicted molar refractivity (Wildman–Crippen MR) is 71.5 cm³/mol. The highest BCUT2D eigenvalue weighted by Crippen LogP contribution is 2.24. The molecule has 4 heteroatoms. The van der Waals surface area contributed by atoms with Gasteiger partial charge in [0.15, 0.2) is 0 Å². The molecule has 1 aromatic carbocycles. The molecule has 0 radical (unpaired) electrons. The van der Waals surface area contributed by atoms with Gasteiger partial charge in [0, 0.05) is 18.2 Å². The second kappa shape index (κ2) is 5.29. The Hall–Kier alpha value is -1.71. The highest BCUT2D eigenvalue weighted by Gasteiger charge is 2.23. The van der Waals surface area contributed by atoms with Crippen LogP contribution in [0.4, 0.5) is 5.69 Å². The van der Waals surface area contributed by atoms with E-state index in [0.29, 0.717) is 11.3 Å². The fraction of sp³-hybridized carbons (Fsp3) is 0.500. The van der Waals surface area contributed by atoms with Crippen LogP contribution in [0.2, 0.25) is 0 Å². The van der Waals surface area contributed by atoms with Crippen LogP contribution < -0.4 is 5.73 Å². The second-order valence-electron chi connectivity index (χ2n) is 4.97.